The summed E-state index contributed by atoms with van der Waals surface area (Å²) in [6.45, 7) is 0.0599. The van der Waals surface area contributed by atoms with Crippen molar-refractivity contribution in [1.29, 1.82) is 0 Å². The first-order chi connectivity index (χ1) is 10.5. The lowest BCUT2D eigenvalue weighted by Gasteiger charge is -2.07. The van der Waals surface area contributed by atoms with Gasteiger partial charge in [0.25, 0.3) is 0 Å². The molecule has 0 aliphatic carbocycles. The fraction of sp³-hybridized carbons (Fsp3) is 0.0667. The molecule has 0 radical (unpaired) electrons. The SMILES string of the molecule is O=C(O)c1ccc2c(c1)S(=O)(=O)C=C2COc1cccnc1. The quantitative estimate of drug-likeness (QED) is 0.927. The number of hydrogen-bond donors (Lipinski definition) is 1. The van der Waals surface area contributed by atoms with Gasteiger partial charge in [-0.15, -0.1) is 0 Å². The summed E-state index contributed by atoms with van der Waals surface area (Å²) in [5.41, 5.74) is 0.884. The normalized spacial score (nSPS) is 15.0. The summed E-state index contributed by atoms with van der Waals surface area (Å²) in [6, 6.07) is 7.45. The maximum atomic E-state index is 12.1. The van der Waals surface area contributed by atoms with Gasteiger partial charge in [-0.3, -0.25) is 4.98 Å². The summed E-state index contributed by atoms with van der Waals surface area (Å²) in [7, 11) is -3.64. The average molecular weight is 317 g/mol. The van der Waals surface area contributed by atoms with Gasteiger partial charge in [-0.1, -0.05) is 6.07 Å². The summed E-state index contributed by atoms with van der Waals surface area (Å²) in [6.07, 6.45) is 3.13. The number of aromatic carboxylic acids is 1. The number of carbonyl (C=O) groups is 1. The third kappa shape index (κ3) is 2.58. The van der Waals surface area contributed by atoms with E-state index in [1.165, 1.54) is 24.4 Å². The number of benzene rings is 1. The van der Waals surface area contributed by atoms with Gasteiger partial charge in [-0.05, 0) is 24.3 Å². The number of carboxylic acids is 1. The number of nitrogens with zero attached hydrogens (tertiary/aromatic N) is 1. The van der Waals surface area contributed by atoms with Crippen molar-refractivity contribution >= 4 is 21.4 Å². The third-order valence-electron chi connectivity index (χ3n) is 3.21. The van der Waals surface area contributed by atoms with Crippen LogP contribution in [-0.4, -0.2) is 31.1 Å². The number of pyridine rings is 1. The monoisotopic (exact) mass is 317 g/mol. The average Bonchev–Trinajstić information content (AvgIpc) is 2.77. The van der Waals surface area contributed by atoms with Gasteiger partial charge in [0.15, 0.2) is 0 Å². The van der Waals surface area contributed by atoms with Crippen molar-refractivity contribution in [3.8, 4) is 5.75 Å². The van der Waals surface area contributed by atoms with E-state index in [1.54, 1.807) is 18.3 Å². The molecule has 2 heterocycles. The van der Waals surface area contributed by atoms with Crippen LogP contribution >= 0.6 is 0 Å². The summed E-state index contributed by atoms with van der Waals surface area (Å²) < 4.78 is 29.7. The lowest BCUT2D eigenvalue weighted by Crippen LogP contribution is -2.02. The van der Waals surface area contributed by atoms with Crippen LogP contribution in [0.25, 0.3) is 5.57 Å². The summed E-state index contributed by atoms with van der Waals surface area (Å²) >= 11 is 0. The van der Waals surface area contributed by atoms with Crippen LogP contribution in [0.2, 0.25) is 0 Å². The van der Waals surface area contributed by atoms with Gasteiger partial charge in [-0.25, -0.2) is 13.2 Å². The molecule has 6 nitrogen and oxygen atoms in total. The van der Waals surface area contributed by atoms with Gasteiger partial charge < -0.3 is 9.84 Å². The van der Waals surface area contributed by atoms with Crippen molar-refractivity contribution in [3.05, 3.63) is 59.3 Å². The Morgan fingerprint density at radius 2 is 2.09 bits per heavy atom. The molecule has 22 heavy (non-hydrogen) atoms. The van der Waals surface area contributed by atoms with Crippen LogP contribution in [0.15, 0.2) is 53.0 Å². The zero-order valence-electron chi connectivity index (χ0n) is 11.3. The molecule has 1 aliphatic rings. The van der Waals surface area contributed by atoms with E-state index < -0.39 is 15.8 Å². The smallest absolute Gasteiger partial charge is 0.335 e. The Labute approximate surface area is 126 Å². The molecule has 0 amide bonds. The van der Waals surface area contributed by atoms with E-state index in [2.05, 4.69) is 4.98 Å². The largest absolute Gasteiger partial charge is 0.487 e. The molecule has 1 aliphatic heterocycles. The molecule has 2 aromatic rings. The molecule has 0 saturated carbocycles. The lowest BCUT2D eigenvalue weighted by molar-refractivity contribution is 0.0696. The molecule has 0 saturated heterocycles. The molecule has 7 heteroatoms. The van der Waals surface area contributed by atoms with Crippen molar-refractivity contribution in [2.45, 2.75) is 4.90 Å². The number of hydrogen-bond acceptors (Lipinski definition) is 5. The Bertz CT molecular complexity index is 872. The van der Waals surface area contributed by atoms with Crippen LogP contribution in [0.3, 0.4) is 0 Å². The number of carboxylic acid groups (broad SMARTS) is 1. The highest BCUT2D eigenvalue weighted by molar-refractivity contribution is 7.95. The third-order valence-corrected chi connectivity index (χ3v) is 4.75. The number of ether oxygens (including phenoxy) is 1. The van der Waals surface area contributed by atoms with Crippen LogP contribution in [0, 0.1) is 0 Å². The van der Waals surface area contributed by atoms with Crippen molar-refractivity contribution in [2.24, 2.45) is 0 Å². The summed E-state index contributed by atoms with van der Waals surface area (Å²) in [5.74, 6) is -0.644. The summed E-state index contributed by atoms with van der Waals surface area (Å²) in [5, 5.41) is 10.1. The number of sulfone groups is 1. The predicted molar refractivity (Wildman–Crippen MR) is 78.3 cm³/mol. The molecule has 0 bridgehead atoms. The lowest BCUT2D eigenvalue weighted by atomic mass is 10.1. The van der Waals surface area contributed by atoms with Crippen LogP contribution < -0.4 is 4.74 Å². The molecular formula is C15H11NO5S. The minimum atomic E-state index is -3.64. The highest BCUT2D eigenvalue weighted by atomic mass is 32.2. The Morgan fingerprint density at radius 3 is 2.77 bits per heavy atom. The summed E-state index contributed by atoms with van der Waals surface area (Å²) in [4.78, 5) is 14.9. The van der Waals surface area contributed by atoms with E-state index >= 15 is 0 Å². The standard InChI is InChI=1S/C15H11NO5S/c17-15(18)10-3-4-13-11(9-22(19,20)14(13)6-10)8-21-12-2-1-5-16-7-12/h1-7,9H,8H2,(H,17,18). The van der Waals surface area contributed by atoms with E-state index in [9.17, 15) is 13.2 Å². The van der Waals surface area contributed by atoms with Crippen molar-refractivity contribution in [3.63, 3.8) is 0 Å². The van der Waals surface area contributed by atoms with Crippen molar-refractivity contribution < 1.29 is 23.1 Å². The minimum absolute atomic E-state index is 0.00260. The van der Waals surface area contributed by atoms with Gasteiger partial charge in [-0.2, -0.15) is 0 Å². The van der Waals surface area contributed by atoms with Gasteiger partial charge in [0.2, 0.25) is 9.84 Å². The Hall–Kier alpha value is -2.67. The van der Waals surface area contributed by atoms with Crippen LogP contribution in [0.4, 0.5) is 0 Å². The minimum Gasteiger partial charge on any atom is -0.487 e. The first kappa shape index (κ1) is 14.3. The molecule has 3 rings (SSSR count). The molecule has 0 atom stereocenters. The zero-order valence-corrected chi connectivity index (χ0v) is 12.1. The predicted octanol–water partition coefficient (Wildman–Crippen LogP) is 1.99. The van der Waals surface area contributed by atoms with Crippen LogP contribution in [-0.2, 0) is 9.84 Å². The van der Waals surface area contributed by atoms with Crippen molar-refractivity contribution in [1.82, 2.24) is 4.98 Å². The zero-order chi connectivity index (χ0) is 15.7. The fourth-order valence-electron chi connectivity index (χ4n) is 2.18. The molecule has 0 spiro atoms. The highest BCUT2D eigenvalue weighted by Crippen LogP contribution is 2.34. The van der Waals surface area contributed by atoms with Gasteiger partial charge in [0, 0.05) is 22.7 Å². The second kappa shape index (κ2) is 5.27. The Kier molecular flexibility index (Phi) is 3.42. The van der Waals surface area contributed by atoms with Crippen LogP contribution in [0.5, 0.6) is 5.75 Å². The van der Waals surface area contributed by atoms with E-state index in [0.717, 1.165) is 5.41 Å². The van der Waals surface area contributed by atoms with E-state index in [1.807, 2.05) is 0 Å². The number of aromatic nitrogens is 1. The second-order valence-corrected chi connectivity index (χ2v) is 6.45. The number of fused-ring (bicyclic) bond motifs is 1. The maximum absolute atomic E-state index is 12.1. The van der Waals surface area contributed by atoms with Gasteiger partial charge >= 0.3 is 5.97 Å². The van der Waals surface area contributed by atoms with E-state index in [0.29, 0.717) is 16.9 Å². The van der Waals surface area contributed by atoms with Gasteiger partial charge in [0.05, 0.1) is 16.7 Å². The topological polar surface area (TPSA) is 93.6 Å². The fourth-order valence-corrected chi connectivity index (χ4v) is 3.67. The number of rotatable bonds is 4. The molecule has 1 N–H and O–H groups in total. The van der Waals surface area contributed by atoms with Crippen molar-refractivity contribution in [2.75, 3.05) is 6.61 Å². The first-order valence-electron chi connectivity index (χ1n) is 6.33. The Morgan fingerprint density at radius 1 is 1.27 bits per heavy atom. The van der Waals surface area contributed by atoms with Crippen LogP contribution in [0.1, 0.15) is 15.9 Å². The maximum Gasteiger partial charge on any atom is 0.335 e. The van der Waals surface area contributed by atoms with E-state index in [4.69, 9.17) is 9.84 Å². The molecule has 0 fully saturated rings. The molecule has 112 valence electrons. The first-order valence-corrected chi connectivity index (χ1v) is 7.88. The van der Waals surface area contributed by atoms with Gasteiger partial charge in [0.1, 0.15) is 12.4 Å². The Balaban J connectivity index is 1.91. The van der Waals surface area contributed by atoms with E-state index in [-0.39, 0.29) is 17.1 Å². The molecule has 0 unspecified atom stereocenters. The second-order valence-electron chi connectivity index (χ2n) is 4.68. The molecular weight excluding hydrogens is 306 g/mol. The highest BCUT2D eigenvalue weighted by Gasteiger charge is 2.28. The molecule has 1 aromatic carbocycles. The molecule has 1 aromatic heterocycles.